The number of carbonyl (C=O) groups is 3. The standard InChI is InChI=1S/C22H25N7O6S/c1-29(2)11-14-17(19(30)25-15-9-10-16(33-3)27-26-15)20(35-21(23)31)36-18(14)12-5-7-13(8-6-12)24-22(32)28-34-4/h5-10H,11H2,1-4H3,(H2,23,31)(H2,24,28,32)(H,25,26,30). The van der Waals surface area contributed by atoms with E-state index in [-0.39, 0.29) is 22.3 Å². The van der Waals surface area contributed by atoms with Crippen LogP contribution in [0.15, 0.2) is 36.4 Å². The number of nitrogens with two attached hydrogens (primary N) is 1. The van der Waals surface area contributed by atoms with E-state index in [1.807, 2.05) is 19.0 Å². The van der Waals surface area contributed by atoms with E-state index in [2.05, 4.69) is 31.1 Å². The Labute approximate surface area is 210 Å². The number of urea groups is 1. The van der Waals surface area contributed by atoms with Crippen LogP contribution in [0.3, 0.4) is 0 Å². The van der Waals surface area contributed by atoms with Crippen molar-refractivity contribution in [2.45, 2.75) is 6.54 Å². The summed E-state index contributed by atoms with van der Waals surface area (Å²) in [4.78, 5) is 43.8. The molecule has 13 nitrogen and oxygen atoms in total. The van der Waals surface area contributed by atoms with Gasteiger partial charge in [0.1, 0.15) is 0 Å². The molecule has 0 atom stereocenters. The zero-order chi connectivity index (χ0) is 26.2. The SMILES string of the molecule is CONC(=O)Nc1ccc(-c2sc(OC(N)=O)c(C(=O)Nc3ccc(OC)nn3)c2CN(C)C)cc1. The number of aromatic nitrogens is 2. The minimum atomic E-state index is -1.05. The first-order chi connectivity index (χ1) is 17.2. The Balaban J connectivity index is 2.02. The number of hydrogen-bond acceptors (Lipinski definition) is 10. The van der Waals surface area contributed by atoms with Gasteiger partial charge in [0.25, 0.3) is 5.91 Å². The maximum Gasteiger partial charge on any atom is 0.410 e. The molecule has 0 saturated carbocycles. The van der Waals surface area contributed by atoms with Gasteiger partial charge >= 0.3 is 12.1 Å². The van der Waals surface area contributed by atoms with Crippen molar-refractivity contribution >= 4 is 40.9 Å². The predicted octanol–water partition coefficient (Wildman–Crippen LogP) is 2.67. The number of carbonyl (C=O) groups excluding carboxylic acids is 3. The van der Waals surface area contributed by atoms with Gasteiger partial charge in [0.2, 0.25) is 5.88 Å². The molecule has 0 radical (unpaired) electrons. The fourth-order valence-corrected chi connectivity index (χ4v) is 4.33. The Morgan fingerprint density at radius 3 is 2.31 bits per heavy atom. The van der Waals surface area contributed by atoms with Crippen molar-refractivity contribution in [1.82, 2.24) is 20.6 Å². The van der Waals surface area contributed by atoms with Crippen LogP contribution in [0.2, 0.25) is 0 Å². The molecule has 0 spiro atoms. The van der Waals surface area contributed by atoms with E-state index in [1.54, 1.807) is 30.3 Å². The highest BCUT2D eigenvalue weighted by Crippen LogP contribution is 2.43. The van der Waals surface area contributed by atoms with E-state index in [1.165, 1.54) is 20.3 Å². The number of amides is 4. The minimum absolute atomic E-state index is 0.0370. The van der Waals surface area contributed by atoms with Gasteiger partial charge in [-0.15, -0.1) is 10.2 Å². The van der Waals surface area contributed by atoms with Crippen molar-refractivity contribution < 1.29 is 28.7 Å². The van der Waals surface area contributed by atoms with Gasteiger partial charge in [-0.2, -0.15) is 0 Å². The second-order valence-corrected chi connectivity index (χ2v) is 8.47. The smallest absolute Gasteiger partial charge is 0.410 e. The lowest BCUT2D eigenvalue weighted by atomic mass is 10.0. The third-order valence-corrected chi connectivity index (χ3v) is 5.72. The Bertz CT molecular complexity index is 1230. The molecule has 36 heavy (non-hydrogen) atoms. The number of nitrogens with one attached hydrogen (secondary N) is 3. The molecule has 14 heteroatoms. The maximum absolute atomic E-state index is 13.3. The number of hydroxylamine groups is 1. The van der Waals surface area contributed by atoms with E-state index in [9.17, 15) is 14.4 Å². The van der Waals surface area contributed by atoms with Crippen LogP contribution in [0.1, 0.15) is 15.9 Å². The molecular formula is C22H25N7O6S. The first-order valence-corrected chi connectivity index (χ1v) is 11.2. The largest absolute Gasteiger partial charge is 0.480 e. The molecule has 0 aliphatic carbocycles. The van der Waals surface area contributed by atoms with Crippen molar-refractivity contribution in [1.29, 1.82) is 0 Å². The highest BCUT2D eigenvalue weighted by molar-refractivity contribution is 7.18. The molecule has 190 valence electrons. The zero-order valence-electron chi connectivity index (χ0n) is 19.9. The summed E-state index contributed by atoms with van der Waals surface area (Å²) in [5, 5.41) is 13.1. The molecule has 0 aliphatic heterocycles. The van der Waals surface area contributed by atoms with Gasteiger partial charge in [-0.3, -0.25) is 9.63 Å². The van der Waals surface area contributed by atoms with Crippen LogP contribution >= 0.6 is 11.3 Å². The van der Waals surface area contributed by atoms with E-state index < -0.39 is 18.0 Å². The van der Waals surface area contributed by atoms with Gasteiger partial charge in [-0.25, -0.2) is 15.1 Å². The fourth-order valence-electron chi connectivity index (χ4n) is 3.16. The van der Waals surface area contributed by atoms with E-state index >= 15 is 0 Å². The van der Waals surface area contributed by atoms with Gasteiger partial charge in [0.05, 0.1) is 19.8 Å². The molecular weight excluding hydrogens is 490 g/mol. The van der Waals surface area contributed by atoms with Crippen LogP contribution in [0, 0.1) is 0 Å². The number of anilines is 2. The Morgan fingerprint density at radius 1 is 1.03 bits per heavy atom. The van der Waals surface area contributed by atoms with Gasteiger partial charge in [0.15, 0.2) is 10.9 Å². The normalized spacial score (nSPS) is 10.6. The quantitative estimate of drug-likeness (QED) is 0.313. The summed E-state index contributed by atoms with van der Waals surface area (Å²) in [6, 6.07) is 9.44. The van der Waals surface area contributed by atoms with Gasteiger partial charge in [-0.1, -0.05) is 23.5 Å². The molecule has 0 unspecified atom stereocenters. The number of rotatable bonds is 9. The molecule has 0 bridgehead atoms. The van der Waals surface area contributed by atoms with E-state index in [4.69, 9.17) is 15.2 Å². The van der Waals surface area contributed by atoms with Crippen molar-refractivity contribution in [3.8, 4) is 21.4 Å². The highest BCUT2D eigenvalue weighted by Gasteiger charge is 2.27. The van der Waals surface area contributed by atoms with Gasteiger partial charge in [0, 0.05) is 28.7 Å². The maximum atomic E-state index is 13.3. The van der Waals surface area contributed by atoms with Crippen molar-refractivity contribution in [3.63, 3.8) is 0 Å². The van der Waals surface area contributed by atoms with E-state index in [0.717, 1.165) is 16.9 Å². The van der Waals surface area contributed by atoms with Crippen LogP contribution in [0.4, 0.5) is 21.1 Å². The van der Waals surface area contributed by atoms with Crippen molar-refractivity contribution in [3.05, 3.63) is 47.5 Å². The lowest BCUT2D eigenvalue weighted by molar-refractivity contribution is 0.102. The molecule has 0 saturated heterocycles. The second kappa shape index (κ2) is 11.9. The van der Waals surface area contributed by atoms with Crippen LogP contribution in [0.25, 0.3) is 10.4 Å². The minimum Gasteiger partial charge on any atom is -0.480 e. The van der Waals surface area contributed by atoms with Crippen molar-refractivity contribution in [2.24, 2.45) is 5.73 Å². The monoisotopic (exact) mass is 515 g/mol. The topological polar surface area (TPSA) is 170 Å². The van der Waals surface area contributed by atoms with Crippen LogP contribution in [-0.4, -0.2) is 61.4 Å². The third kappa shape index (κ3) is 6.65. The molecule has 2 aromatic heterocycles. The summed E-state index contributed by atoms with van der Waals surface area (Å²) in [5.74, 6) is -0.0896. The summed E-state index contributed by atoms with van der Waals surface area (Å²) >= 11 is 1.10. The van der Waals surface area contributed by atoms with Crippen LogP contribution in [0.5, 0.6) is 10.9 Å². The third-order valence-electron chi connectivity index (χ3n) is 4.56. The molecule has 0 fully saturated rings. The van der Waals surface area contributed by atoms with Crippen LogP contribution in [-0.2, 0) is 11.4 Å². The molecule has 3 rings (SSSR count). The predicted molar refractivity (Wildman–Crippen MR) is 133 cm³/mol. The van der Waals surface area contributed by atoms with Gasteiger partial charge < -0.3 is 30.7 Å². The number of thiophene rings is 1. The number of hydrogen-bond donors (Lipinski definition) is 4. The first kappa shape index (κ1) is 26.3. The molecule has 5 N–H and O–H groups in total. The number of ether oxygens (including phenoxy) is 2. The summed E-state index contributed by atoms with van der Waals surface area (Å²) < 4.78 is 10.2. The average Bonchev–Trinajstić information content (AvgIpc) is 3.16. The lowest BCUT2D eigenvalue weighted by Gasteiger charge is -2.14. The zero-order valence-corrected chi connectivity index (χ0v) is 20.8. The number of nitrogens with zero attached hydrogens (tertiary/aromatic N) is 3. The molecule has 2 heterocycles. The Hall–Kier alpha value is -4.27. The number of primary amides is 1. The van der Waals surface area contributed by atoms with Gasteiger partial charge in [-0.05, 0) is 37.9 Å². The Kier molecular flexibility index (Phi) is 8.72. The summed E-state index contributed by atoms with van der Waals surface area (Å²) in [6.07, 6.45) is -1.05. The fraction of sp³-hybridized carbons (Fsp3) is 0.227. The summed E-state index contributed by atoms with van der Waals surface area (Å²) in [5.41, 5.74) is 9.44. The van der Waals surface area contributed by atoms with Crippen LogP contribution < -0.4 is 31.3 Å². The van der Waals surface area contributed by atoms with Crippen molar-refractivity contribution in [2.75, 3.05) is 38.9 Å². The summed E-state index contributed by atoms with van der Waals surface area (Å²) in [6.45, 7) is 0.348. The highest BCUT2D eigenvalue weighted by atomic mass is 32.1. The molecule has 0 aliphatic rings. The number of benzene rings is 1. The van der Waals surface area contributed by atoms with E-state index in [0.29, 0.717) is 22.7 Å². The lowest BCUT2D eigenvalue weighted by Crippen LogP contribution is -2.27. The molecule has 3 aromatic rings. The second-order valence-electron chi connectivity index (χ2n) is 7.48. The summed E-state index contributed by atoms with van der Waals surface area (Å²) in [7, 11) is 6.46. The molecule has 1 aromatic carbocycles. The molecule has 4 amide bonds. The first-order valence-electron chi connectivity index (χ1n) is 10.4. The Morgan fingerprint density at radius 2 is 1.75 bits per heavy atom. The average molecular weight is 516 g/mol. The number of methoxy groups -OCH3 is 1.